The monoisotopic (exact) mass is 332 g/mol. The lowest BCUT2D eigenvalue weighted by Gasteiger charge is -2.08. The van der Waals surface area contributed by atoms with Crippen molar-refractivity contribution in [3.05, 3.63) is 64.1 Å². The lowest BCUT2D eigenvalue weighted by Crippen LogP contribution is -2.22. The Labute approximate surface area is 127 Å². The fourth-order valence-corrected chi connectivity index (χ4v) is 2.30. The Hall–Kier alpha value is -1.81. The quantitative estimate of drug-likeness (QED) is 0.874. The van der Waals surface area contributed by atoms with Crippen LogP contribution in [0.15, 0.2) is 53.0 Å². The van der Waals surface area contributed by atoms with Crippen molar-refractivity contribution in [2.75, 3.05) is 11.9 Å². The molecule has 0 atom stereocenters. The highest BCUT2D eigenvalue weighted by molar-refractivity contribution is 9.10. The van der Waals surface area contributed by atoms with Crippen molar-refractivity contribution in [2.24, 2.45) is 0 Å². The van der Waals surface area contributed by atoms with Gasteiger partial charge in [-0.3, -0.25) is 4.79 Å². The summed E-state index contributed by atoms with van der Waals surface area (Å²) in [5, 5.41) is 6.11. The van der Waals surface area contributed by atoms with E-state index < -0.39 is 0 Å². The Morgan fingerprint density at radius 1 is 1.15 bits per heavy atom. The normalized spacial score (nSPS) is 10.1. The molecule has 0 fully saturated rings. The van der Waals surface area contributed by atoms with Gasteiger partial charge in [0.15, 0.2) is 0 Å². The first kappa shape index (κ1) is 14.6. The molecule has 0 unspecified atom stereocenters. The first-order valence-corrected chi connectivity index (χ1v) is 7.35. The molecule has 0 spiro atoms. The summed E-state index contributed by atoms with van der Waals surface area (Å²) >= 11 is 3.46. The third-order valence-corrected chi connectivity index (χ3v) is 3.36. The van der Waals surface area contributed by atoms with E-state index in [0.717, 1.165) is 16.7 Å². The van der Waals surface area contributed by atoms with E-state index >= 15 is 0 Å². The molecule has 3 nitrogen and oxygen atoms in total. The van der Waals surface area contributed by atoms with Crippen molar-refractivity contribution in [1.82, 2.24) is 5.32 Å². The number of benzene rings is 2. The van der Waals surface area contributed by atoms with Crippen molar-refractivity contribution in [3.63, 3.8) is 0 Å². The van der Waals surface area contributed by atoms with E-state index in [2.05, 4.69) is 38.7 Å². The summed E-state index contributed by atoms with van der Waals surface area (Å²) in [6.07, 6.45) is 0. The lowest BCUT2D eigenvalue weighted by molar-refractivity contribution is 0.0956. The van der Waals surface area contributed by atoms with E-state index in [-0.39, 0.29) is 5.91 Å². The standard InChI is InChI=1S/C16H17BrN2O/c1-2-18-16(20)13-6-8-15(9-7-13)19-11-12-4-3-5-14(17)10-12/h3-10,19H,2,11H2,1H3,(H,18,20). The van der Waals surface area contributed by atoms with Gasteiger partial charge in [0.25, 0.3) is 5.91 Å². The largest absolute Gasteiger partial charge is 0.381 e. The van der Waals surface area contributed by atoms with Crippen molar-refractivity contribution < 1.29 is 4.79 Å². The summed E-state index contributed by atoms with van der Waals surface area (Å²) in [7, 11) is 0. The smallest absolute Gasteiger partial charge is 0.251 e. The van der Waals surface area contributed by atoms with Gasteiger partial charge in [0.2, 0.25) is 0 Å². The number of rotatable bonds is 5. The predicted molar refractivity (Wildman–Crippen MR) is 85.9 cm³/mol. The van der Waals surface area contributed by atoms with Gasteiger partial charge in [-0.05, 0) is 48.9 Å². The maximum atomic E-state index is 11.6. The van der Waals surface area contributed by atoms with Gasteiger partial charge in [-0.15, -0.1) is 0 Å². The number of carbonyl (C=O) groups is 1. The molecule has 0 aliphatic carbocycles. The van der Waals surface area contributed by atoms with Gasteiger partial charge in [0.1, 0.15) is 0 Å². The molecule has 2 rings (SSSR count). The lowest BCUT2D eigenvalue weighted by atomic mass is 10.2. The van der Waals surface area contributed by atoms with E-state index in [4.69, 9.17) is 0 Å². The Morgan fingerprint density at radius 3 is 2.55 bits per heavy atom. The van der Waals surface area contributed by atoms with Crippen molar-refractivity contribution >= 4 is 27.5 Å². The van der Waals surface area contributed by atoms with Gasteiger partial charge in [0.05, 0.1) is 0 Å². The van der Waals surface area contributed by atoms with Gasteiger partial charge in [-0.1, -0.05) is 28.1 Å². The maximum Gasteiger partial charge on any atom is 0.251 e. The van der Waals surface area contributed by atoms with Gasteiger partial charge < -0.3 is 10.6 Å². The second-order valence-electron chi connectivity index (χ2n) is 4.42. The minimum atomic E-state index is -0.0361. The molecule has 0 heterocycles. The summed E-state index contributed by atoms with van der Waals surface area (Å²) in [5.41, 5.74) is 2.88. The molecule has 0 aromatic heterocycles. The molecular weight excluding hydrogens is 316 g/mol. The summed E-state index contributed by atoms with van der Waals surface area (Å²) in [4.78, 5) is 11.6. The van der Waals surface area contributed by atoms with E-state index in [1.807, 2.05) is 43.3 Å². The third-order valence-electron chi connectivity index (χ3n) is 2.87. The molecule has 0 aliphatic heterocycles. The zero-order chi connectivity index (χ0) is 14.4. The van der Waals surface area contributed by atoms with Crippen molar-refractivity contribution in [1.29, 1.82) is 0 Å². The van der Waals surface area contributed by atoms with E-state index in [9.17, 15) is 4.79 Å². The van der Waals surface area contributed by atoms with Crippen LogP contribution in [0, 0.1) is 0 Å². The van der Waals surface area contributed by atoms with Crippen LogP contribution in [-0.4, -0.2) is 12.5 Å². The molecule has 4 heteroatoms. The van der Waals surface area contributed by atoms with E-state index in [1.54, 1.807) is 0 Å². The van der Waals surface area contributed by atoms with Crippen LogP contribution in [0.2, 0.25) is 0 Å². The summed E-state index contributed by atoms with van der Waals surface area (Å²) in [5.74, 6) is -0.0361. The second kappa shape index (κ2) is 7.10. The number of anilines is 1. The molecular formula is C16H17BrN2O. The third kappa shape index (κ3) is 4.10. The molecule has 0 radical (unpaired) electrons. The molecule has 2 aromatic rings. The number of halogens is 1. The highest BCUT2D eigenvalue weighted by Crippen LogP contribution is 2.14. The molecule has 2 N–H and O–H groups in total. The van der Waals surface area contributed by atoms with Crippen LogP contribution in [0.4, 0.5) is 5.69 Å². The molecule has 104 valence electrons. The number of hydrogen-bond donors (Lipinski definition) is 2. The van der Waals surface area contributed by atoms with Gasteiger partial charge >= 0.3 is 0 Å². The average molecular weight is 333 g/mol. The molecule has 0 saturated carbocycles. The summed E-state index contributed by atoms with van der Waals surface area (Å²) in [6, 6.07) is 15.7. The van der Waals surface area contributed by atoms with Gasteiger partial charge in [0, 0.05) is 28.8 Å². The molecule has 2 aromatic carbocycles. The van der Waals surface area contributed by atoms with Crippen LogP contribution in [0.5, 0.6) is 0 Å². The van der Waals surface area contributed by atoms with Gasteiger partial charge in [-0.25, -0.2) is 0 Å². The minimum Gasteiger partial charge on any atom is -0.381 e. The number of carbonyl (C=O) groups excluding carboxylic acids is 1. The first-order chi connectivity index (χ1) is 9.69. The van der Waals surface area contributed by atoms with E-state index in [0.29, 0.717) is 12.1 Å². The number of amides is 1. The number of nitrogens with one attached hydrogen (secondary N) is 2. The molecule has 1 amide bonds. The number of hydrogen-bond acceptors (Lipinski definition) is 2. The van der Waals surface area contributed by atoms with E-state index in [1.165, 1.54) is 5.56 Å². The minimum absolute atomic E-state index is 0.0361. The Kier molecular flexibility index (Phi) is 5.18. The van der Waals surface area contributed by atoms with Gasteiger partial charge in [-0.2, -0.15) is 0 Å². The molecule has 0 saturated heterocycles. The molecule has 0 bridgehead atoms. The van der Waals surface area contributed by atoms with Crippen LogP contribution in [0.3, 0.4) is 0 Å². The Bertz CT molecular complexity index is 581. The fraction of sp³-hybridized carbons (Fsp3) is 0.188. The highest BCUT2D eigenvalue weighted by Gasteiger charge is 2.03. The van der Waals surface area contributed by atoms with Crippen LogP contribution in [0.25, 0.3) is 0 Å². The average Bonchev–Trinajstić information content (AvgIpc) is 2.46. The Balaban J connectivity index is 1.95. The van der Waals surface area contributed by atoms with Crippen LogP contribution >= 0.6 is 15.9 Å². The second-order valence-corrected chi connectivity index (χ2v) is 5.34. The van der Waals surface area contributed by atoms with Crippen LogP contribution < -0.4 is 10.6 Å². The summed E-state index contributed by atoms with van der Waals surface area (Å²) in [6.45, 7) is 3.30. The zero-order valence-electron chi connectivity index (χ0n) is 11.3. The first-order valence-electron chi connectivity index (χ1n) is 6.55. The maximum absolute atomic E-state index is 11.6. The highest BCUT2D eigenvalue weighted by atomic mass is 79.9. The van der Waals surface area contributed by atoms with Crippen molar-refractivity contribution in [3.8, 4) is 0 Å². The fourth-order valence-electron chi connectivity index (χ4n) is 1.85. The zero-order valence-corrected chi connectivity index (χ0v) is 12.9. The van der Waals surface area contributed by atoms with Crippen molar-refractivity contribution in [2.45, 2.75) is 13.5 Å². The van der Waals surface area contributed by atoms with Crippen LogP contribution in [0.1, 0.15) is 22.8 Å². The predicted octanol–water partition coefficient (Wildman–Crippen LogP) is 3.81. The Morgan fingerprint density at radius 2 is 1.90 bits per heavy atom. The van der Waals surface area contributed by atoms with Crippen LogP contribution in [-0.2, 0) is 6.54 Å². The molecule has 0 aliphatic rings. The molecule has 20 heavy (non-hydrogen) atoms. The SMILES string of the molecule is CCNC(=O)c1ccc(NCc2cccc(Br)c2)cc1. The topological polar surface area (TPSA) is 41.1 Å². The summed E-state index contributed by atoms with van der Waals surface area (Å²) < 4.78 is 1.07.